The van der Waals surface area contributed by atoms with Gasteiger partial charge in [0.2, 0.25) is 5.91 Å². The summed E-state index contributed by atoms with van der Waals surface area (Å²) < 4.78 is 1.88. The highest BCUT2D eigenvalue weighted by Gasteiger charge is 2.29. The Morgan fingerprint density at radius 3 is 2.36 bits per heavy atom. The highest BCUT2D eigenvalue weighted by molar-refractivity contribution is 6.02. The molecule has 8 nitrogen and oxygen atoms in total. The summed E-state index contributed by atoms with van der Waals surface area (Å²) >= 11 is 0. The van der Waals surface area contributed by atoms with Crippen molar-refractivity contribution in [3.63, 3.8) is 0 Å². The maximum Gasteiger partial charge on any atom is 0.324 e. The minimum atomic E-state index is -0.445. The van der Waals surface area contributed by atoms with Crippen LogP contribution in [0, 0.1) is 0 Å². The van der Waals surface area contributed by atoms with Crippen LogP contribution < -0.4 is 10.6 Å². The van der Waals surface area contributed by atoms with Crippen LogP contribution >= 0.6 is 0 Å². The molecule has 4 amide bonds. The van der Waals surface area contributed by atoms with E-state index in [2.05, 4.69) is 40.0 Å². The number of benzene rings is 3. The zero-order chi connectivity index (χ0) is 24.9. The number of nitrogens with zero attached hydrogens (tertiary/aromatic N) is 3. The zero-order valence-electron chi connectivity index (χ0n) is 19.6. The predicted molar refractivity (Wildman–Crippen MR) is 135 cm³/mol. The second-order valence-corrected chi connectivity index (χ2v) is 8.54. The van der Waals surface area contributed by atoms with E-state index >= 15 is 0 Å². The number of carbonyl (C=O) groups excluding carboxylic acids is 3. The summed E-state index contributed by atoms with van der Waals surface area (Å²) in [5.41, 5.74) is 5.28. The molecule has 1 fully saturated rings. The molecular weight excluding hydrogens is 454 g/mol. The Morgan fingerprint density at radius 1 is 0.889 bits per heavy atom. The molecule has 1 aliphatic rings. The molecule has 1 saturated heterocycles. The van der Waals surface area contributed by atoms with Crippen molar-refractivity contribution >= 4 is 17.8 Å². The van der Waals surface area contributed by atoms with Crippen LogP contribution in [0.3, 0.4) is 0 Å². The molecular formula is C28H25N5O3. The number of hydrogen-bond donors (Lipinski definition) is 2. The lowest BCUT2D eigenvalue weighted by Gasteiger charge is -2.16. The maximum absolute atomic E-state index is 13.1. The topological polar surface area (TPSA) is 96.3 Å². The van der Waals surface area contributed by atoms with Gasteiger partial charge in [0.25, 0.3) is 5.91 Å². The van der Waals surface area contributed by atoms with E-state index in [1.165, 1.54) is 0 Å². The Bertz CT molecular complexity index is 1380. The van der Waals surface area contributed by atoms with E-state index in [-0.39, 0.29) is 24.9 Å². The molecule has 180 valence electrons. The van der Waals surface area contributed by atoms with E-state index in [0.29, 0.717) is 24.2 Å². The number of aromatic nitrogens is 2. The van der Waals surface area contributed by atoms with Gasteiger partial charge in [0.1, 0.15) is 0 Å². The molecule has 0 bridgehead atoms. The summed E-state index contributed by atoms with van der Waals surface area (Å²) in [6, 6.07) is 24.7. The van der Waals surface area contributed by atoms with Gasteiger partial charge < -0.3 is 10.6 Å². The lowest BCUT2D eigenvalue weighted by molar-refractivity contribution is -0.125. The zero-order valence-corrected chi connectivity index (χ0v) is 19.6. The van der Waals surface area contributed by atoms with Gasteiger partial charge in [0, 0.05) is 24.5 Å². The van der Waals surface area contributed by atoms with Gasteiger partial charge >= 0.3 is 6.03 Å². The first-order valence-electron chi connectivity index (χ1n) is 11.7. The normalized spacial score (nSPS) is 13.1. The summed E-state index contributed by atoms with van der Waals surface area (Å²) in [4.78, 5) is 38.2. The van der Waals surface area contributed by atoms with Crippen molar-refractivity contribution in [3.8, 4) is 11.1 Å². The third-order valence-corrected chi connectivity index (χ3v) is 6.15. The molecule has 4 aromatic rings. The lowest BCUT2D eigenvalue weighted by atomic mass is 9.98. The molecule has 0 spiro atoms. The standard InChI is InChI=1S/C28H25N5O3/c34-26-17-30-28(36)33(26)19-23-7-2-4-9-25(23)27(35)29-16-22-6-1-3-8-24(22)21-12-10-20(11-13-21)18-32-15-5-14-31-32/h1-15H,16-19H2,(H,29,35)(H,30,36). The molecule has 2 heterocycles. The number of imide groups is 1. The Labute approximate surface area is 208 Å². The predicted octanol–water partition coefficient (Wildman–Crippen LogP) is 3.58. The van der Waals surface area contributed by atoms with Crippen molar-refractivity contribution in [1.82, 2.24) is 25.3 Å². The van der Waals surface area contributed by atoms with Gasteiger partial charge in [-0.05, 0) is 39.9 Å². The second-order valence-electron chi connectivity index (χ2n) is 8.54. The van der Waals surface area contributed by atoms with Gasteiger partial charge in [-0.15, -0.1) is 0 Å². The summed E-state index contributed by atoms with van der Waals surface area (Å²) in [6.07, 6.45) is 3.70. The van der Waals surface area contributed by atoms with E-state index in [0.717, 1.165) is 27.2 Å². The number of rotatable bonds is 8. The molecule has 36 heavy (non-hydrogen) atoms. The van der Waals surface area contributed by atoms with Crippen molar-refractivity contribution in [2.75, 3.05) is 6.54 Å². The first-order valence-corrected chi connectivity index (χ1v) is 11.7. The van der Waals surface area contributed by atoms with Gasteiger partial charge in [-0.2, -0.15) is 5.10 Å². The second kappa shape index (κ2) is 10.3. The minimum Gasteiger partial charge on any atom is -0.348 e. The largest absolute Gasteiger partial charge is 0.348 e. The Kier molecular flexibility index (Phi) is 6.57. The average Bonchev–Trinajstić information content (AvgIpc) is 3.53. The smallest absolute Gasteiger partial charge is 0.324 e. The molecule has 0 saturated carbocycles. The molecule has 0 radical (unpaired) electrons. The number of urea groups is 1. The fourth-order valence-electron chi connectivity index (χ4n) is 4.26. The molecule has 0 aliphatic carbocycles. The SMILES string of the molecule is O=C(NCc1ccccc1-c1ccc(Cn2cccn2)cc1)c1ccccc1CN1C(=O)CNC1=O. The fourth-order valence-corrected chi connectivity index (χ4v) is 4.26. The molecule has 2 N–H and O–H groups in total. The number of hydrogen-bond acceptors (Lipinski definition) is 4. The van der Waals surface area contributed by atoms with Gasteiger partial charge in [-0.1, -0.05) is 66.7 Å². The quantitative estimate of drug-likeness (QED) is 0.378. The molecule has 1 aliphatic heterocycles. The maximum atomic E-state index is 13.1. The van der Waals surface area contributed by atoms with Crippen LogP contribution in [0.1, 0.15) is 27.0 Å². The van der Waals surface area contributed by atoms with Crippen molar-refractivity contribution in [2.24, 2.45) is 0 Å². The van der Waals surface area contributed by atoms with Gasteiger partial charge in [-0.25, -0.2) is 4.79 Å². The minimum absolute atomic E-state index is 0.0196. The van der Waals surface area contributed by atoms with Crippen LogP contribution in [-0.2, 0) is 24.4 Å². The van der Waals surface area contributed by atoms with Crippen LogP contribution in [0.4, 0.5) is 4.79 Å². The molecule has 3 aromatic carbocycles. The molecule has 0 atom stereocenters. The summed E-state index contributed by atoms with van der Waals surface area (Å²) in [5, 5.41) is 9.75. The third-order valence-electron chi connectivity index (χ3n) is 6.15. The number of carbonyl (C=O) groups is 3. The summed E-state index contributed by atoms with van der Waals surface area (Å²) in [7, 11) is 0. The van der Waals surface area contributed by atoms with Gasteiger partial charge in [0.05, 0.1) is 19.6 Å². The van der Waals surface area contributed by atoms with E-state index < -0.39 is 6.03 Å². The summed E-state index contributed by atoms with van der Waals surface area (Å²) in [5.74, 6) is -0.568. The monoisotopic (exact) mass is 479 g/mol. The molecule has 5 rings (SSSR count). The first kappa shape index (κ1) is 23.0. The molecule has 8 heteroatoms. The van der Waals surface area contributed by atoms with Crippen LogP contribution in [0.25, 0.3) is 11.1 Å². The van der Waals surface area contributed by atoms with E-state index in [1.54, 1.807) is 30.5 Å². The number of nitrogens with one attached hydrogen (secondary N) is 2. The third kappa shape index (κ3) is 5.02. The summed E-state index contributed by atoms with van der Waals surface area (Å²) in [6.45, 7) is 1.07. The van der Waals surface area contributed by atoms with Crippen molar-refractivity contribution in [3.05, 3.63) is 114 Å². The van der Waals surface area contributed by atoms with E-state index in [4.69, 9.17) is 0 Å². The highest BCUT2D eigenvalue weighted by Crippen LogP contribution is 2.24. The Balaban J connectivity index is 1.29. The van der Waals surface area contributed by atoms with Gasteiger partial charge in [0.15, 0.2) is 0 Å². The first-order chi connectivity index (χ1) is 17.6. The molecule has 1 aromatic heterocycles. The number of amides is 4. The van der Waals surface area contributed by atoms with E-state index in [1.807, 2.05) is 41.2 Å². The van der Waals surface area contributed by atoms with Crippen LogP contribution in [0.2, 0.25) is 0 Å². The highest BCUT2D eigenvalue weighted by atomic mass is 16.2. The van der Waals surface area contributed by atoms with Crippen LogP contribution in [-0.4, -0.2) is 39.1 Å². The van der Waals surface area contributed by atoms with Gasteiger partial charge in [-0.3, -0.25) is 19.2 Å². The Morgan fingerprint density at radius 2 is 1.64 bits per heavy atom. The van der Waals surface area contributed by atoms with Crippen molar-refractivity contribution in [1.29, 1.82) is 0 Å². The Hall–Kier alpha value is -4.72. The molecule has 0 unspecified atom stereocenters. The van der Waals surface area contributed by atoms with E-state index in [9.17, 15) is 14.4 Å². The average molecular weight is 480 g/mol. The van der Waals surface area contributed by atoms with Crippen LogP contribution in [0.5, 0.6) is 0 Å². The fraction of sp³-hybridized carbons (Fsp3) is 0.143. The van der Waals surface area contributed by atoms with Crippen LogP contribution in [0.15, 0.2) is 91.3 Å². The van der Waals surface area contributed by atoms with Crippen molar-refractivity contribution < 1.29 is 14.4 Å². The lowest BCUT2D eigenvalue weighted by Crippen LogP contribution is -2.32. The van der Waals surface area contributed by atoms with Crippen molar-refractivity contribution in [2.45, 2.75) is 19.6 Å².